The third-order valence-corrected chi connectivity index (χ3v) is 4.75. The molecule has 0 saturated carbocycles. The molecule has 3 rings (SSSR count). The van der Waals surface area contributed by atoms with Gasteiger partial charge in [0.15, 0.2) is 11.9 Å². The normalized spacial score (nSPS) is 13.6. The summed E-state index contributed by atoms with van der Waals surface area (Å²) in [5, 5.41) is 2.66. The number of Topliss-reactive ketones (excluding diaryl/α,β-unsaturated/α-hetero) is 1. The van der Waals surface area contributed by atoms with Gasteiger partial charge in [-0.15, -0.1) is 0 Å². The summed E-state index contributed by atoms with van der Waals surface area (Å²) in [5.41, 5.74) is 4.38. The van der Waals surface area contributed by atoms with Crippen LogP contribution in [0.1, 0.15) is 47.3 Å². The molecule has 0 fully saturated rings. The molecular formula is C22H23NO4. The molecule has 1 amide bonds. The van der Waals surface area contributed by atoms with Crippen molar-refractivity contribution in [3.05, 3.63) is 64.7 Å². The van der Waals surface area contributed by atoms with Crippen LogP contribution < -0.4 is 5.32 Å². The molecule has 1 N–H and O–H groups in total. The van der Waals surface area contributed by atoms with Crippen LogP contribution in [0.3, 0.4) is 0 Å². The molecule has 0 heterocycles. The predicted octanol–water partition coefficient (Wildman–Crippen LogP) is 3.49. The first-order chi connectivity index (χ1) is 12.9. The number of nitrogens with one attached hydrogen (secondary N) is 1. The lowest BCUT2D eigenvalue weighted by molar-refractivity contribution is -0.152. The van der Waals surface area contributed by atoms with Crippen LogP contribution in [0.4, 0.5) is 5.69 Å². The van der Waals surface area contributed by atoms with Gasteiger partial charge < -0.3 is 10.1 Å². The molecule has 140 valence electrons. The average Bonchev–Trinajstić information content (AvgIpc) is 3.09. The van der Waals surface area contributed by atoms with E-state index in [4.69, 9.17) is 4.74 Å². The number of rotatable bonds is 6. The first kappa shape index (κ1) is 18.8. The largest absolute Gasteiger partial charge is 0.452 e. The van der Waals surface area contributed by atoms with E-state index in [9.17, 15) is 14.4 Å². The summed E-state index contributed by atoms with van der Waals surface area (Å²) in [6, 6.07) is 12.8. The third-order valence-electron chi connectivity index (χ3n) is 4.75. The van der Waals surface area contributed by atoms with Gasteiger partial charge in [-0.25, -0.2) is 0 Å². The number of hydrogen-bond donors (Lipinski definition) is 1. The number of benzene rings is 2. The van der Waals surface area contributed by atoms with Crippen molar-refractivity contribution in [1.29, 1.82) is 0 Å². The van der Waals surface area contributed by atoms with Crippen molar-refractivity contribution >= 4 is 23.3 Å². The number of carbonyl (C=O) groups is 3. The molecule has 1 atom stereocenters. The van der Waals surface area contributed by atoms with Gasteiger partial charge >= 0.3 is 5.97 Å². The molecule has 0 spiro atoms. The molecule has 0 bridgehead atoms. The van der Waals surface area contributed by atoms with Gasteiger partial charge in [0.05, 0.1) is 12.1 Å². The number of anilines is 1. The second-order valence-corrected chi connectivity index (χ2v) is 6.86. The van der Waals surface area contributed by atoms with Gasteiger partial charge in [-0.1, -0.05) is 30.3 Å². The summed E-state index contributed by atoms with van der Waals surface area (Å²) < 4.78 is 5.27. The van der Waals surface area contributed by atoms with Crippen molar-refractivity contribution in [2.45, 2.75) is 45.6 Å². The molecule has 2 aromatic rings. The summed E-state index contributed by atoms with van der Waals surface area (Å²) in [4.78, 5) is 36.2. The smallest absolute Gasteiger partial charge is 0.311 e. The second kappa shape index (κ2) is 8.16. The van der Waals surface area contributed by atoms with Gasteiger partial charge in [-0.2, -0.15) is 0 Å². The molecule has 1 aliphatic carbocycles. The van der Waals surface area contributed by atoms with Crippen LogP contribution >= 0.6 is 0 Å². The highest BCUT2D eigenvalue weighted by atomic mass is 16.5. The zero-order valence-electron chi connectivity index (χ0n) is 15.6. The van der Waals surface area contributed by atoms with Crippen LogP contribution in [0.2, 0.25) is 0 Å². The number of ether oxygens (including phenoxy) is 1. The zero-order valence-corrected chi connectivity index (χ0v) is 15.6. The molecule has 5 heteroatoms. The van der Waals surface area contributed by atoms with E-state index in [1.807, 2.05) is 6.07 Å². The molecule has 0 aromatic heterocycles. The van der Waals surface area contributed by atoms with Crippen LogP contribution in [0.15, 0.2) is 42.5 Å². The Morgan fingerprint density at radius 2 is 1.81 bits per heavy atom. The molecule has 0 aliphatic heterocycles. The second-order valence-electron chi connectivity index (χ2n) is 6.86. The summed E-state index contributed by atoms with van der Waals surface area (Å²) in [7, 11) is 0. The molecule has 5 nitrogen and oxygen atoms in total. The lowest BCUT2D eigenvalue weighted by Crippen LogP contribution is -2.31. The number of esters is 1. The number of para-hydroxylation sites is 1. The van der Waals surface area contributed by atoms with Crippen molar-refractivity contribution in [3.63, 3.8) is 0 Å². The highest BCUT2D eigenvalue weighted by Crippen LogP contribution is 2.23. The fourth-order valence-electron chi connectivity index (χ4n) is 3.33. The predicted molar refractivity (Wildman–Crippen MR) is 103 cm³/mol. The lowest BCUT2D eigenvalue weighted by atomic mass is 10.0. The number of aryl methyl sites for hydroxylation is 2. The van der Waals surface area contributed by atoms with Crippen molar-refractivity contribution in [3.8, 4) is 0 Å². The Morgan fingerprint density at radius 3 is 2.59 bits per heavy atom. The number of ketones is 1. The van der Waals surface area contributed by atoms with Gasteiger partial charge in [0.2, 0.25) is 0 Å². The minimum absolute atomic E-state index is 0.134. The van der Waals surface area contributed by atoms with Gasteiger partial charge in [-0.05, 0) is 61.9 Å². The van der Waals surface area contributed by atoms with E-state index < -0.39 is 18.0 Å². The Balaban J connectivity index is 1.58. The van der Waals surface area contributed by atoms with E-state index in [-0.39, 0.29) is 12.2 Å². The lowest BCUT2D eigenvalue weighted by Gasteiger charge is -2.15. The molecule has 1 aliphatic rings. The summed E-state index contributed by atoms with van der Waals surface area (Å²) in [6.45, 7) is 2.96. The van der Waals surface area contributed by atoms with Crippen LogP contribution in [-0.4, -0.2) is 23.8 Å². The molecular weight excluding hydrogens is 342 g/mol. The van der Waals surface area contributed by atoms with Crippen LogP contribution in [0.5, 0.6) is 0 Å². The van der Waals surface area contributed by atoms with Crippen LogP contribution in [0, 0.1) is 0 Å². The minimum atomic E-state index is -0.952. The Bertz CT molecular complexity index is 888. The van der Waals surface area contributed by atoms with Gasteiger partial charge in [0, 0.05) is 5.56 Å². The highest BCUT2D eigenvalue weighted by molar-refractivity contribution is 6.04. The van der Waals surface area contributed by atoms with Gasteiger partial charge in [0.25, 0.3) is 5.91 Å². The van der Waals surface area contributed by atoms with Gasteiger partial charge in [-0.3, -0.25) is 14.4 Å². The summed E-state index contributed by atoms with van der Waals surface area (Å²) in [5.74, 6) is -1.06. The quantitative estimate of drug-likeness (QED) is 0.628. The first-order valence-corrected chi connectivity index (χ1v) is 9.15. The Kier molecular flexibility index (Phi) is 5.69. The zero-order chi connectivity index (χ0) is 19.4. The van der Waals surface area contributed by atoms with Crippen LogP contribution in [0.25, 0.3) is 0 Å². The highest BCUT2D eigenvalue weighted by Gasteiger charge is 2.20. The number of carbonyl (C=O) groups excluding carboxylic acids is 3. The van der Waals surface area contributed by atoms with E-state index in [0.717, 1.165) is 24.8 Å². The van der Waals surface area contributed by atoms with Crippen molar-refractivity contribution < 1.29 is 19.1 Å². The van der Waals surface area contributed by atoms with E-state index in [1.165, 1.54) is 25.0 Å². The maximum atomic E-state index is 12.3. The third kappa shape index (κ3) is 4.61. The standard InChI is InChI=1S/C22H23NO4/c1-14(24)19-8-3-4-9-20(19)23-22(26)15(2)27-21(25)13-16-10-11-17-6-5-7-18(17)12-16/h3-4,8-12,15H,5-7,13H2,1-2H3,(H,23,26)/t15-/m0/s1. The molecule has 0 saturated heterocycles. The van der Waals surface area contributed by atoms with E-state index in [1.54, 1.807) is 24.3 Å². The summed E-state index contributed by atoms with van der Waals surface area (Å²) in [6.07, 6.45) is 2.48. The summed E-state index contributed by atoms with van der Waals surface area (Å²) >= 11 is 0. The fraction of sp³-hybridized carbons (Fsp3) is 0.318. The van der Waals surface area contributed by atoms with Gasteiger partial charge in [0.1, 0.15) is 0 Å². The maximum absolute atomic E-state index is 12.3. The Morgan fingerprint density at radius 1 is 1.07 bits per heavy atom. The molecule has 0 unspecified atom stereocenters. The molecule has 0 radical (unpaired) electrons. The number of amides is 1. The van der Waals surface area contributed by atoms with Crippen molar-refractivity contribution in [2.24, 2.45) is 0 Å². The van der Waals surface area contributed by atoms with E-state index >= 15 is 0 Å². The average molecular weight is 365 g/mol. The van der Waals surface area contributed by atoms with Crippen molar-refractivity contribution in [1.82, 2.24) is 0 Å². The van der Waals surface area contributed by atoms with E-state index in [0.29, 0.717) is 11.3 Å². The minimum Gasteiger partial charge on any atom is -0.452 e. The van der Waals surface area contributed by atoms with Crippen molar-refractivity contribution in [2.75, 3.05) is 5.32 Å². The Labute approximate surface area is 158 Å². The Hall–Kier alpha value is -2.95. The molecule has 27 heavy (non-hydrogen) atoms. The topological polar surface area (TPSA) is 72.5 Å². The fourth-order valence-corrected chi connectivity index (χ4v) is 3.33. The monoisotopic (exact) mass is 365 g/mol. The number of hydrogen-bond acceptors (Lipinski definition) is 4. The molecule has 2 aromatic carbocycles. The maximum Gasteiger partial charge on any atom is 0.311 e. The van der Waals surface area contributed by atoms with Crippen LogP contribution in [-0.2, 0) is 33.6 Å². The first-order valence-electron chi connectivity index (χ1n) is 9.15. The SMILES string of the molecule is CC(=O)c1ccccc1NC(=O)[C@H](C)OC(=O)Cc1ccc2c(c1)CCC2. The number of fused-ring (bicyclic) bond motifs is 1. The van der Waals surface area contributed by atoms with E-state index in [2.05, 4.69) is 17.4 Å².